The monoisotopic (exact) mass is 330 g/mol. The van der Waals surface area contributed by atoms with Crippen molar-refractivity contribution in [2.24, 2.45) is 0 Å². The molecular formula is C16H27O3PS. The van der Waals surface area contributed by atoms with Crippen molar-refractivity contribution in [3.8, 4) is 0 Å². The first kappa shape index (κ1) is 18.8. The van der Waals surface area contributed by atoms with Crippen LogP contribution in [0.1, 0.15) is 44.4 Å². The molecule has 3 nitrogen and oxygen atoms in total. The number of rotatable bonds is 11. The first-order valence-electron chi connectivity index (χ1n) is 7.69. The van der Waals surface area contributed by atoms with Gasteiger partial charge in [-0.3, -0.25) is 4.57 Å². The second kappa shape index (κ2) is 10.4. The van der Waals surface area contributed by atoms with Crippen molar-refractivity contribution in [3.63, 3.8) is 0 Å². The topological polar surface area (TPSA) is 35.5 Å². The smallest absolute Gasteiger partial charge is 0.309 e. The summed E-state index contributed by atoms with van der Waals surface area (Å²) in [5.41, 5.74) is 1.36. The molecular weight excluding hydrogens is 303 g/mol. The Labute approximate surface area is 133 Å². The SMILES string of the molecule is CCOP(=O)(CCCSC(CC)c1ccccc1)OCC. The number of hydrogen-bond acceptors (Lipinski definition) is 4. The minimum absolute atomic E-state index is 0.437. The summed E-state index contributed by atoms with van der Waals surface area (Å²) in [6.07, 6.45) is 2.46. The molecule has 0 radical (unpaired) electrons. The molecule has 1 rings (SSSR count). The van der Waals surface area contributed by atoms with E-state index < -0.39 is 7.60 Å². The molecule has 0 spiro atoms. The van der Waals surface area contributed by atoms with Crippen LogP contribution in [-0.4, -0.2) is 25.1 Å². The van der Waals surface area contributed by atoms with Crippen LogP contribution in [0.25, 0.3) is 0 Å². The van der Waals surface area contributed by atoms with E-state index in [1.54, 1.807) is 0 Å². The lowest BCUT2D eigenvalue weighted by Gasteiger charge is -2.18. The highest BCUT2D eigenvalue weighted by Gasteiger charge is 2.22. The third-order valence-electron chi connectivity index (χ3n) is 3.09. The largest absolute Gasteiger partial charge is 0.330 e. The molecule has 1 aromatic carbocycles. The summed E-state index contributed by atoms with van der Waals surface area (Å²) in [6.45, 7) is 6.78. The highest BCUT2D eigenvalue weighted by Crippen LogP contribution is 2.48. The molecule has 0 aliphatic rings. The second-order valence-corrected chi connectivity index (χ2v) is 8.20. The van der Waals surface area contributed by atoms with E-state index in [1.165, 1.54) is 5.56 Å². The van der Waals surface area contributed by atoms with E-state index in [1.807, 2.05) is 31.7 Å². The van der Waals surface area contributed by atoms with Gasteiger partial charge in [0.15, 0.2) is 0 Å². The van der Waals surface area contributed by atoms with Crippen molar-refractivity contribution >= 4 is 19.4 Å². The van der Waals surface area contributed by atoms with Gasteiger partial charge in [-0.05, 0) is 38.0 Å². The summed E-state index contributed by atoms with van der Waals surface area (Å²) in [5.74, 6) is 0.970. The van der Waals surface area contributed by atoms with Gasteiger partial charge in [0, 0.05) is 5.25 Å². The molecule has 120 valence electrons. The van der Waals surface area contributed by atoms with Crippen LogP contribution in [0.15, 0.2) is 30.3 Å². The van der Waals surface area contributed by atoms with E-state index in [-0.39, 0.29) is 0 Å². The third kappa shape index (κ3) is 7.01. The van der Waals surface area contributed by atoms with Crippen molar-refractivity contribution in [1.29, 1.82) is 0 Å². The Bertz CT molecular complexity index is 415. The normalized spacial score (nSPS) is 13.3. The minimum atomic E-state index is -2.87. The maximum atomic E-state index is 12.3. The molecule has 21 heavy (non-hydrogen) atoms. The molecule has 0 bridgehead atoms. The molecule has 0 heterocycles. The van der Waals surface area contributed by atoms with E-state index in [4.69, 9.17) is 9.05 Å². The first-order chi connectivity index (χ1) is 10.1. The van der Waals surface area contributed by atoms with E-state index in [9.17, 15) is 4.57 Å². The van der Waals surface area contributed by atoms with Crippen LogP contribution in [-0.2, 0) is 13.6 Å². The van der Waals surface area contributed by atoms with Crippen molar-refractivity contribution in [3.05, 3.63) is 35.9 Å². The van der Waals surface area contributed by atoms with Gasteiger partial charge in [-0.2, -0.15) is 11.8 Å². The molecule has 0 N–H and O–H groups in total. The number of benzene rings is 1. The zero-order valence-electron chi connectivity index (χ0n) is 13.3. The number of thioether (sulfide) groups is 1. The lowest BCUT2D eigenvalue weighted by Crippen LogP contribution is -2.02. The van der Waals surface area contributed by atoms with Crippen LogP contribution in [0.3, 0.4) is 0 Å². The van der Waals surface area contributed by atoms with Gasteiger partial charge in [0.2, 0.25) is 0 Å². The average Bonchev–Trinajstić information content (AvgIpc) is 2.49. The zero-order chi connectivity index (χ0) is 15.6. The van der Waals surface area contributed by atoms with Gasteiger partial charge in [0.05, 0.1) is 19.4 Å². The Morgan fingerprint density at radius 1 is 1.10 bits per heavy atom. The van der Waals surface area contributed by atoms with Crippen LogP contribution in [0.4, 0.5) is 0 Å². The highest BCUT2D eigenvalue weighted by molar-refractivity contribution is 7.99. The maximum Gasteiger partial charge on any atom is 0.330 e. The summed E-state index contributed by atoms with van der Waals surface area (Å²) >= 11 is 1.92. The van der Waals surface area contributed by atoms with Crippen LogP contribution in [0, 0.1) is 0 Å². The van der Waals surface area contributed by atoms with Gasteiger partial charge in [-0.25, -0.2) is 0 Å². The van der Waals surface area contributed by atoms with E-state index >= 15 is 0 Å². The summed E-state index contributed by atoms with van der Waals surface area (Å²) in [5, 5.41) is 0.504. The molecule has 1 atom stereocenters. The zero-order valence-corrected chi connectivity index (χ0v) is 15.0. The van der Waals surface area contributed by atoms with Crippen molar-refractivity contribution < 1.29 is 13.6 Å². The summed E-state index contributed by atoms with van der Waals surface area (Å²) in [6, 6.07) is 10.5. The standard InChI is InChI=1S/C16H27O3PS/c1-4-16(15-11-8-7-9-12-15)21-14-10-13-20(17,18-5-2)19-6-3/h7-9,11-12,16H,4-6,10,13-14H2,1-3H3. The average molecular weight is 330 g/mol. The number of hydrogen-bond donors (Lipinski definition) is 0. The quantitative estimate of drug-likeness (QED) is 0.395. The first-order valence-corrected chi connectivity index (χ1v) is 10.5. The fourth-order valence-electron chi connectivity index (χ4n) is 2.16. The molecule has 0 saturated carbocycles. The molecule has 0 fully saturated rings. The van der Waals surface area contributed by atoms with Gasteiger partial charge in [0.1, 0.15) is 0 Å². The lowest BCUT2D eigenvalue weighted by atomic mass is 10.1. The minimum Gasteiger partial charge on any atom is -0.309 e. The highest BCUT2D eigenvalue weighted by atomic mass is 32.2. The van der Waals surface area contributed by atoms with Gasteiger partial charge in [0.25, 0.3) is 0 Å². The predicted molar refractivity (Wildman–Crippen MR) is 92.3 cm³/mol. The Hall–Kier alpha value is -0.280. The molecule has 0 aliphatic heterocycles. The summed E-state index contributed by atoms with van der Waals surface area (Å²) in [7, 11) is -2.87. The van der Waals surface area contributed by atoms with Crippen LogP contribution < -0.4 is 0 Å². The summed E-state index contributed by atoms with van der Waals surface area (Å²) in [4.78, 5) is 0. The van der Waals surface area contributed by atoms with Crippen LogP contribution in [0.5, 0.6) is 0 Å². The fraction of sp³-hybridized carbons (Fsp3) is 0.625. The molecule has 1 unspecified atom stereocenters. The van der Waals surface area contributed by atoms with Gasteiger partial charge < -0.3 is 9.05 Å². The Morgan fingerprint density at radius 2 is 1.71 bits per heavy atom. The summed E-state index contributed by atoms with van der Waals surface area (Å²) < 4.78 is 23.0. The molecule has 0 aromatic heterocycles. The molecule has 5 heteroatoms. The molecule has 0 saturated heterocycles. The van der Waals surface area contributed by atoms with Crippen molar-refractivity contribution in [1.82, 2.24) is 0 Å². The predicted octanol–water partition coefficient (Wildman–Crippen LogP) is 5.53. The van der Waals surface area contributed by atoms with Crippen LogP contribution >= 0.6 is 19.4 Å². The molecule has 0 aliphatic carbocycles. The third-order valence-corrected chi connectivity index (χ3v) is 6.79. The fourth-order valence-corrected chi connectivity index (χ4v) is 5.22. The second-order valence-electron chi connectivity index (χ2n) is 4.70. The van der Waals surface area contributed by atoms with Gasteiger partial charge in [-0.1, -0.05) is 37.3 Å². The van der Waals surface area contributed by atoms with E-state index in [0.717, 1.165) is 18.6 Å². The Kier molecular flexibility index (Phi) is 9.34. The van der Waals surface area contributed by atoms with Crippen molar-refractivity contribution in [2.45, 2.75) is 38.9 Å². The lowest BCUT2D eigenvalue weighted by molar-refractivity contribution is 0.220. The molecule has 0 amide bonds. The van der Waals surface area contributed by atoms with Crippen LogP contribution in [0.2, 0.25) is 0 Å². The van der Waals surface area contributed by atoms with Gasteiger partial charge >= 0.3 is 7.60 Å². The molecule has 1 aromatic rings. The Balaban J connectivity index is 2.39. The van der Waals surface area contributed by atoms with E-state index in [0.29, 0.717) is 24.6 Å². The maximum absolute atomic E-state index is 12.3. The van der Waals surface area contributed by atoms with E-state index in [2.05, 4.69) is 31.2 Å². The Morgan fingerprint density at radius 3 is 2.24 bits per heavy atom. The van der Waals surface area contributed by atoms with Crippen molar-refractivity contribution in [2.75, 3.05) is 25.1 Å². The van der Waals surface area contributed by atoms with Gasteiger partial charge in [-0.15, -0.1) is 0 Å².